The number of aromatic carboxylic acids is 1. The van der Waals surface area contributed by atoms with E-state index in [0.717, 1.165) is 6.42 Å². The van der Waals surface area contributed by atoms with E-state index in [1.165, 1.54) is 6.07 Å². The predicted molar refractivity (Wildman–Crippen MR) is 64.1 cm³/mol. The van der Waals surface area contributed by atoms with E-state index in [-0.39, 0.29) is 17.4 Å². The second-order valence-corrected chi connectivity index (χ2v) is 5.00. The largest absolute Gasteiger partial charge is 0.478 e. The Kier molecular flexibility index (Phi) is 3.15. The zero-order valence-electron chi connectivity index (χ0n) is 10.8. The fraction of sp³-hybridized carbons (Fsp3) is 0.538. The summed E-state index contributed by atoms with van der Waals surface area (Å²) in [4.78, 5) is 24.4. The zero-order chi connectivity index (χ0) is 13.4. The molecule has 0 spiro atoms. The molecule has 1 aromatic rings. The highest BCUT2D eigenvalue weighted by atomic mass is 16.4. The van der Waals surface area contributed by atoms with Crippen LogP contribution in [0.15, 0.2) is 10.5 Å². The maximum Gasteiger partial charge on any atom is 0.339 e. The Morgan fingerprint density at radius 1 is 1.56 bits per heavy atom. The number of hydrogen-bond acceptors (Lipinski definition) is 3. The van der Waals surface area contributed by atoms with Crippen molar-refractivity contribution < 1.29 is 19.1 Å². The van der Waals surface area contributed by atoms with Gasteiger partial charge in [0, 0.05) is 13.0 Å². The molecular formula is C13H17NO4. The molecule has 5 heteroatoms. The second-order valence-electron chi connectivity index (χ2n) is 5.00. The normalized spacial score (nSPS) is 21.7. The van der Waals surface area contributed by atoms with Crippen LogP contribution in [0.4, 0.5) is 0 Å². The molecule has 1 saturated carbocycles. The first kappa shape index (κ1) is 12.7. The maximum absolute atomic E-state index is 11.9. The van der Waals surface area contributed by atoms with Gasteiger partial charge in [-0.25, -0.2) is 4.79 Å². The number of carbonyl (C=O) groups is 2. The summed E-state index contributed by atoms with van der Waals surface area (Å²) in [7, 11) is 1.71. The van der Waals surface area contributed by atoms with Gasteiger partial charge in [0.2, 0.25) is 5.91 Å². The Hall–Kier alpha value is -1.78. The minimum Gasteiger partial charge on any atom is -0.478 e. The van der Waals surface area contributed by atoms with Crippen molar-refractivity contribution in [1.29, 1.82) is 0 Å². The quantitative estimate of drug-likeness (QED) is 0.887. The lowest BCUT2D eigenvalue weighted by molar-refractivity contribution is -0.132. The van der Waals surface area contributed by atoms with E-state index < -0.39 is 5.97 Å². The molecule has 2 rings (SSSR count). The van der Waals surface area contributed by atoms with Gasteiger partial charge in [-0.2, -0.15) is 0 Å². The number of hydrogen-bond donors (Lipinski definition) is 1. The van der Waals surface area contributed by atoms with E-state index >= 15 is 0 Å². The third-order valence-electron chi connectivity index (χ3n) is 3.40. The second kappa shape index (κ2) is 4.48. The van der Waals surface area contributed by atoms with E-state index in [1.807, 2.05) is 0 Å². The van der Waals surface area contributed by atoms with Crippen molar-refractivity contribution in [2.75, 3.05) is 7.05 Å². The molecule has 0 radical (unpaired) electrons. The molecule has 1 aliphatic rings. The number of carbonyl (C=O) groups excluding carboxylic acids is 1. The maximum atomic E-state index is 11.9. The molecule has 1 aromatic heterocycles. The Morgan fingerprint density at radius 3 is 2.61 bits per heavy atom. The summed E-state index contributed by atoms with van der Waals surface area (Å²) in [5.74, 6) is 0.575. The van der Waals surface area contributed by atoms with Gasteiger partial charge in [-0.05, 0) is 25.3 Å². The molecule has 5 nitrogen and oxygen atoms in total. The molecule has 1 fully saturated rings. The summed E-state index contributed by atoms with van der Waals surface area (Å²) in [5, 5.41) is 8.91. The third kappa shape index (κ3) is 2.39. The highest BCUT2D eigenvalue weighted by molar-refractivity contribution is 5.88. The van der Waals surface area contributed by atoms with Crippen LogP contribution in [0.3, 0.4) is 0 Å². The fourth-order valence-corrected chi connectivity index (χ4v) is 2.09. The van der Waals surface area contributed by atoms with Gasteiger partial charge in [0.05, 0.1) is 6.54 Å². The van der Waals surface area contributed by atoms with Crippen molar-refractivity contribution in [2.45, 2.75) is 26.8 Å². The van der Waals surface area contributed by atoms with Gasteiger partial charge < -0.3 is 14.4 Å². The molecule has 2 atom stereocenters. The van der Waals surface area contributed by atoms with Gasteiger partial charge in [0.1, 0.15) is 17.1 Å². The Morgan fingerprint density at radius 2 is 2.17 bits per heavy atom. The minimum atomic E-state index is -1.01. The third-order valence-corrected chi connectivity index (χ3v) is 3.40. The number of rotatable bonds is 4. The van der Waals surface area contributed by atoms with Crippen LogP contribution in [-0.2, 0) is 11.3 Å². The van der Waals surface area contributed by atoms with Gasteiger partial charge in [-0.15, -0.1) is 0 Å². The molecule has 0 saturated heterocycles. The highest BCUT2D eigenvalue weighted by Gasteiger charge is 2.40. The number of aryl methyl sites for hydroxylation is 1. The van der Waals surface area contributed by atoms with Gasteiger partial charge in [0.15, 0.2) is 0 Å². The molecule has 98 valence electrons. The van der Waals surface area contributed by atoms with Crippen molar-refractivity contribution >= 4 is 11.9 Å². The highest BCUT2D eigenvalue weighted by Crippen LogP contribution is 2.39. The van der Waals surface area contributed by atoms with Crippen LogP contribution in [0, 0.1) is 18.8 Å². The molecule has 1 aliphatic carbocycles. The molecule has 1 N–H and O–H groups in total. The molecule has 1 heterocycles. The van der Waals surface area contributed by atoms with E-state index in [2.05, 4.69) is 6.92 Å². The summed E-state index contributed by atoms with van der Waals surface area (Å²) in [6, 6.07) is 1.48. The Balaban J connectivity index is 2.03. The average molecular weight is 251 g/mol. The first-order chi connectivity index (χ1) is 8.40. The topological polar surface area (TPSA) is 70.8 Å². The van der Waals surface area contributed by atoms with Crippen LogP contribution in [0.1, 0.15) is 35.2 Å². The molecule has 0 aromatic carbocycles. The van der Waals surface area contributed by atoms with Crippen LogP contribution in [0.25, 0.3) is 0 Å². The van der Waals surface area contributed by atoms with Crippen LogP contribution in [-0.4, -0.2) is 28.9 Å². The lowest BCUT2D eigenvalue weighted by Crippen LogP contribution is -2.27. The van der Waals surface area contributed by atoms with Crippen molar-refractivity contribution in [2.24, 2.45) is 11.8 Å². The average Bonchev–Trinajstić information content (AvgIpc) is 2.89. The summed E-state index contributed by atoms with van der Waals surface area (Å²) in [6.45, 7) is 3.98. The van der Waals surface area contributed by atoms with Crippen molar-refractivity contribution in [1.82, 2.24) is 4.90 Å². The van der Waals surface area contributed by atoms with Crippen LogP contribution < -0.4 is 0 Å². The van der Waals surface area contributed by atoms with Crippen molar-refractivity contribution in [3.63, 3.8) is 0 Å². The number of nitrogens with zero attached hydrogens (tertiary/aromatic N) is 1. The van der Waals surface area contributed by atoms with E-state index in [1.54, 1.807) is 18.9 Å². The molecule has 18 heavy (non-hydrogen) atoms. The van der Waals surface area contributed by atoms with Crippen LogP contribution in [0.5, 0.6) is 0 Å². The fourth-order valence-electron chi connectivity index (χ4n) is 2.09. The van der Waals surface area contributed by atoms with Gasteiger partial charge in [0.25, 0.3) is 0 Å². The first-order valence-electron chi connectivity index (χ1n) is 5.97. The summed E-state index contributed by atoms with van der Waals surface area (Å²) < 4.78 is 5.35. The minimum absolute atomic E-state index is 0.105. The Bertz CT molecular complexity index is 491. The SMILES string of the molecule is Cc1oc(CN(C)C(=O)[C@@H]2C[C@H]2C)cc1C(=O)O. The van der Waals surface area contributed by atoms with Gasteiger partial charge in [-0.3, -0.25) is 4.79 Å². The number of furan rings is 1. The van der Waals surface area contributed by atoms with Gasteiger partial charge >= 0.3 is 5.97 Å². The van der Waals surface area contributed by atoms with Crippen molar-refractivity contribution in [3.05, 3.63) is 23.2 Å². The summed E-state index contributed by atoms with van der Waals surface area (Å²) in [5.41, 5.74) is 0.158. The number of amides is 1. The van der Waals surface area contributed by atoms with Gasteiger partial charge in [-0.1, -0.05) is 6.92 Å². The van der Waals surface area contributed by atoms with Crippen molar-refractivity contribution in [3.8, 4) is 0 Å². The smallest absolute Gasteiger partial charge is 0.339 e. The lowest BCUT2D eigenvalue weighted by atomic mass is 10.2. The molecular weight excluding hydrogens is 234 g/mol. The summed E-state index contributed by atoms with van der Waals surface area (Å²) >= 11 is 0. The van der Waals surface area contributed by atoms with E-state index in [4.69, 9.17) is 9.52 Å². The summed E-state index contributed by atoms with van der Waals surface area (Å²) in [6.07, 6.45) is 0.945. The standard InChI is InChI=1S/C13H17NO4/c1-7-4-10(7)12(15)14(3)6-9-5-11(13(16)17)8(2)18-9/h5,7,10H,4,6H2,1-3H3,(H,16,17)/t7-,10-/m1/s1. The Labute approximate surface area is 105 Å². The zero-order valence-corrected chi connectivity index (χ0v) is 10.8. The monoisotopic (exact) mass is 251 g/mol. The molecule has 0 aliphatic heterocycles. The lowest BCUT2D eigenvalue weighted by Gasteiger charge is -2.15. The number of carboxylic acid groups (broad SMARTS) is 1. The number of carboxylic acids is 1. The molecule has 0 bridgehead atoms. The molecule has 0 unspecified atom stereocenters. The van der Waals surface area contributed by atoms with Crippen LogP contribution >= 0.6 is 0 Å². The van der Waals surface area contributed by atoms with E-state index in [0.29, 0.717) is 24.0 Å². The predicted octanol–water partition coefficient (Wildman–Crippen LogP) is 1.90. The molecule has 1 amide bonds. The first-order valence-corrected chi connectivity index (χ1v) is 5.97. The van der Waals surface area contributed by atoms with E-state index in [9.17, 15) is 9.59 Å². The van der Waals surface area contributed by atoms with Crippen LogP contribution in [0.2, 0.25) is 0 Å².